The average molecular weight is 808 g/mol. The summed E-state index contributed by atoms with van der Waals surface area (Å²) in [5, 5.41) is 22.2. The van der Waals surface area contributed by atoms with Crippen LogP contribution in [-0.4, -0.2) is 118 Å². The molecule has 0 aliphatic carbocycles. The van der Waals surface area contributed by atoms with E-state index in [1.165, 1.54) is 9.80 Å². The highest BCUT2D eigenvalue weighted by Gasteiger charge is 2.43. The molecular formula is C44H41N9O7. The van der Waals surface area contributed by atoms with Gasteiger partial charge in [0.1, 0.15) is 17.0 Å². The third kappa shape index (κ3) is 7.89. The Kier molecular flexibility index (Phi) is 10.9. The van der Waals surface area contributed by atoms with E-state index in [1.54, 1.807) is 86.4 Å². The second-order valence-corrected chi connectivity index (χ2v) is 14.5. The number of aliphatic hydroxyl groups is 2. The van der Waals surface area contributed by atoms with Gasteiger partial charge in [0.2, 0.25) is 11.2 Å². The molecule has 0 bridgehead atoms. The van der Waals surface area contributed by atoms with Crippen molar-refractivity contribution in [1.82, 2.24) is 38.9 Å². The maximum absolute atomic E-state index is 12.5. The Balaban J connectivity index is 0.000000182. The van der Waals surface area contributed by atoms with Gasteiger partial charge in [-0.15, -0.1) is 0 Å². The number of likely N-dealkylation sites (N-methyl/N-ethyl adjacent to an activating group) is 2. The number of benzene rings is 2. The number of fused-ring (bicyclic) bond motifs is 2. The van der Waals surface area contributed by atoms with Crippen molar-refractivity contribution in [2.75, 3.05) is 33.8 Å². The maximum Gasteiger partial charge on any atom is 0.357 e. The van der Waals surface area contributed by atoms with Crippen molar-refractivity contribution in [2.24, 2.45) is 19.8 Å². The molecule has 4 N–H and O–H groups in total. The lowest BCUT2D eigenvalue weighted by atomic mass is 10.0. The van der Waals surface area contributed by atoms with Crippen LogP contribution in [0, 0.1) is 23.7 Å². The molecule has 6 heterocycles. The molecular weight excluding hydrogens is 767 g/mol. The largest absolute Gasteiger partial charge is 0.461 e. The van der Waals surface area contributed by atoms with E-state index in [-0.39, 0.29) is 30.8 Å². The van der Waals surface area contributed by atoms with Crippen LogP contribution in [0.3, 0.4) is 0 Å². The van der Waals surface area contributed by atoms with Gasteiger partial charge in [-0.3, -0.25) is 14.4 Å². The van der Waals surface area contributed by atoms with Gasteiger partial charge >= 0.3 is 5.97 Å². The Bertz CT molecular complexity index is 2860. The molecule has 2 aliphatic rings. The summed E-state index contributed by atoms with van der Waals surface area (Å²) < 4.78 is 8.76. The second kappa shape index (κ2) is 16.1. The first-order valence-corrected chi connectivity index (χ1v) is 19.0. The molecule has 0 saturated carbocycles. The van der Waals surface area contributed by atoms with E-state index in [9.17, 15) is 29.4 Å². The normalized spacial score (nSPS) is 18.4. The molecule has 6 aromatic rings. The van der Waals surface area contributed by atoms with Crippen LogP contribution in [0.2, 0.25) is 0 Å². The average Bonchev–Trinajstić information content (AvgIpc) is 3.97. The predicted octanol–water partition coefficient (Wildman–Crippen LogP) is 2.44. The van der Waals surface area contributed by atoms with Gasteiger partial charge < -0.3 is 39.6 Å². The fraction of sp³-hybridized carbons (Fsp3) is 0.273. The summed E-state index contributed by atoms with van der Waals surface area (Å²) in [4.78, 5) is 69.4. The summed E-state index contributed by atoms with van der Waals surface area (Å²) >= 11 is 0. The number of carbonyl (C=O) groups is 4. The number of ether oxygens (including phenoxy) is 1. The lowest BCUT2D eigenvalue weighted by molar-refractivity contribution is -0.138. The fourth-order valence-corrected chi connectivity index (χ4v) is 6.84. The number of primary amides is 1. The molecule has 304 valence electrons. The number of aromatic nitrogens is 6. The Morgan fingerprint density at radius 1 is 0.717 bits per heavy atom. The monoisotopic (exact) mass is 807 g/mol. The van der Waals surface area contributed by atoms with E-state index >= 15 is 0 Å². The van der Waals surface area contributed by atoms with Crippen LogP contribution in [-0.2, 0) is 28.4 Å². The van der Waals surface area contributed by atoms with Gasteiger partial charge in [0, 0.05) is 88.8 Å². The highest BCUT2D eigenvalue weighted by Crippen LogP contribution is 2.26. The standard InChI is InChI=1S/C23H22N4O4.C21H19N5O3/c1-4-31-21(28)18-17-9-12-26(2)20(17)25-19(24-18)16-7-5-6-15(14-16)8-10-23(30)11-13-27(3)22(23)29;1-25-10-7-15-16(17(22)27)23-18(24-19(15)25)14-5-3-4-13(12-14)6-8-21(29)9-11-26(2)20(21)28/h5-7,9,12,14,30H,4,11,13H2,1-3H3;3-5,7,10,12,29H,9,11H2,1-2H3,(H2,22,27)/t23-;21-/m00/s1. The molecule has 0 unspecified atom stereocenters. The minimum absolute atomic E-state index is 0.149. The van der Waals surface area contributed by atoms with Crippen LogP contribution in [0.25, 0.3) is 44.8 Å². The molecule has 3 amide bonds. The van der Waals surface area contributed by atoms with E-state index < -0.39 is 34.9 Å². The Labute approximate surface area is 344 Å². The van der Waals surface area contributed by atoms with Gasteiger partial charge in [-0.2, -0.15) is 0 Å². The molecule has 8 rings (SSSR count). The van der Waals surface area contributed by atoms with Crippen molar-refractivity contribution >= 4 is 45.8 Å². The first kappa shape index (κ1) is 40.8. The lowest BCUT2D eigenvalue weighted by Gasteiger charge is -2.13. The molecule has 2 saturated heterocycles. The van der Waals surface area contributed by atoms with E-state index in [0.29, 0.717) is 69.1 Å². The smallest absolute Gasteiger partial charge is 0.357 e. The van der Waals surface area contributed by atoms with Gasteiger partial charge in [-0.1, -0.05) is 47.9 Å². The summed E-state index contributed by atoms with van der Waals surface area (Å²) in [6.45, 7) is 2.91. The SMILES string of the molecule is CCOC(=O)c1nc(-c2cccc(C#C[C@]3(O)CCN(C)C3=O)c2)nc2c1ccn2C.CN1CC[C@@](O)(C#Cc2cccc(-c3nc(C(N)=O)c4ccn(C)c4n3)c2)C1=O. The molecule has 4 aromatic heterocycles. The maximum atomic E-state index is 12.5. The number of rotatable bonds is 5. The summed E-state index contributed by atoms with van der Waals surface area (Å²) in [5.74, 6) is 9.92. The molecule has 16 nitrogen and oxygen atoms in total. The van der Waals surface area contributed by atoms with Crippen LogP contribution in [0.5, 0.6) is 0 Å². The van der Waals surface area contributed by atoms with Crippen molar-refractivity contribution in [2.45, 2.75) is 31.0 Å². The molecule has 2 atom stereocenters. The Morgan fingerprint density at radius 2 is 1.17 bits per heavy atom. The third-order valence-corrected chi connectivity index (χ3v) is 10.2. The van der Waals surface area contributed by atoms with Crippen molar-refractivity contribution in [1.29, 1.82) is 0 Å². The number of nitrogens with two attached hydrogens (primary N) is 1. The van der Waals surface area contributed by atoms with E-state index in [2.05, 4.69) is 43.6 Å². The first-order valence-electron chi connectivity index (χ1n) is 19.0. The number of hydrogen-bond donors (Lipinski definition) is 3. The third-order valence-electron chi connectivity index (χ3n) is 10.2. The first-order chi connectivity index (χ1) is 28.6. The fourth-order valence-electron chi connectivity index (χ4n) is 6.84. The second-order valence-electron chi connectivity index (χ2n) is 14.5. The zero-order valence-electron chi connectivity index (χ0n) is 33.6. The highest BCUT2D eigenvalue weighted by atomic mass is 16.5. The van der Waals surface area contributed by atoms with Crippen LogP contribution < -0.4 is 5.73 Å². The van der Waals surface area contributed by atoms with Gasteiger partial charge in [-0.25, -0.2) is 24.7 Å². The van der Waals surface area contributed by atoms with Crippen LogP contribution >= 0.6 is 0 Å². The van der Waals surface area contributed by atoms with Gasteiger partial charge in [-0.05, 0) is 43.3 Å². The van der Waals surface area contributed by atoms with Crippen molar-refractivity contribution in [3.05, 3.63) is 95.6 Å². The predicted molar refractivity (Wildman–Crippen MR) is 221 cm³/mol. The minimum atomic E-state index is -1.67. The molecule has 16 heteroatoms. The summed E-state index contributed by atoms with van der Waals surface area (Å²) in [6.07, 6.45) is 4.13. The molecule has 2 aromatic carbocycles. The summed E-state index contributed by atoms with van der Waals surface area (Å²) in [5.41, 5.74) is 6.21. The van der Waals surface area contributed by atoms with Gasteiger partial charge in [0.05, 0.1) is 17.4 Å². The highest BCUT2D eigenvalue weighted by molar-refractivity contribution is 6.04. The van der Waals surface area contributed by atoms with Crippen LogP contribution in [0.15, 0.2) is 73.1 Å². The molecule has 2 fully saturated rings. The number of aryl methyl sites for hydroxylation is 2. The van der Waals surface area contributed by atoms with E-state index in [0.717, 1.165) is 0 Å². The number of carbonyl (C=O) groups excluding carboxylic acids is 4. The van der Waals surface area contributed by atoms with Crippen molar-refractivity contribution in [3.8, 4) is 46.5 Å². The number of amides is 3. The Morgan fingerprint density at radius 3 is 1.58 bits per heavy atom. The topological polar surface area (TPSA) is 212 Å². The van der Waals surface area contributed by atoms with Crippen molar-refractivity contribution < 1.29 is 34.1 Å². The van der Waals surface area contributed by atoms with E-state index in [4.69, 9.17) is 10.5 Å². The molecule has 0 spiro atoms. The number of likely N-dealkylation sites (tertiary alicyclic amines) is 2. The summed E-state index contributed by atoms with van der Waals surface area (Å²) in [7, 11) is 6.94. The van der Waals surface area contributed by atoms with Gasteiger partial charge in [0.15, 0.2) is 17.3 Å². The zero-order valence-corrected chi connectivity index (χ0v) is 33.6. The quantitative estimate of drug-likeness (QED) is 0.170. The molecule has 2 aliphatic heterocycles. The minimum Gasteiger partial charge on any atom is -0.461 e. The lowest BCUT2D eigenvalue weighted by Crippen LogP contribution is -2.37. The van der Waals surface area contributed by atoms with Crippen LogP contribution in [0.1, 0.15) is 51.9 Å². The van der Waals surface area contributed by atoms with Crippen molar-refractivity contribution in [3.63, 3.8) is 0 Å². The molecule has 60 heavy (non-hydrogen) atoms. The number of esters is 1. The molecule has 0 radical (unpaired) electrons. The zero-order chi connectivity index (χ0) is 42.9. The van der Waals surface area contributed by atoms with Crippen LogP contribution in [0.4, 0.5) is 0 Å². The van der Waals surface area contributed by atoms with E-state index in [1.807, 2.05) is 30.9 Å². The van der Waals surface area contributed by atoms with Gasteiger partial charge in [0.25, 0.3) is 17.7 Å². The number of hydrogen-bond acceptors (Lipinski definition) is 11. The number of nitrogens with zero attached hydrogens (tertiary/aromatic N) is 8. The summed E-state index contributed by atoms with van der Waals surface area (Å²) in [6, 6.07) is 17.7. The Hall–Kier alpha value is -7.40.